The number of nitrogen functional groups attached to an aromatic ring is 1. The van der Waals surface area contributed by atoms with E-state index in [1.54, 1.807) is 12.1 Å². The minimum Gasteiger partial charge on any atom is -0.423 e. The topological polar surface area (TPSA) is 73.9 Å². The summed E-state index contributed by atoms with van der Waals surface area (Å²) >= 11 is 0. The average Bonchev–Trinajstić information content (AvgIpc) is 2.42. The average molecular weight is 252 g/mol. The molecule has 2 aromatic carbocycles. The molecule has 0 amide bonds. The number of aryl methyl sites for hydroxylation is 1. The molecule has 5 nitrogen and oxygen atoms in total. The number of aromatic nitrogens is 3. The fourth-order valence-electron chi connectivity index (χ4n) is 1.79. The van der Waals surface area contributed by atoms with Crippen LogP contribution in [0.4, 0.5) is 5.69 Å². The normalized spacial score (nSPS) is 10.6. The van der Waals surface area contributed by atoms with Crippen LogP contribution in [0.15, 0.2) is 42.5 Å². The Morgan fingerprint density at radius 1 is 1.00 bits per heavy atom. The van der Waals surface area contributed by atoms with Crippen LogP contribution in [0.2, 0.25) is 0 Å². The Labute approximate surface area is 110 Å². The molecule has 5 heteroatoms. The van der Waals surface area contributed by atoms with Gasteiger partial charge < -0.3 is 10.5 Å². The number of hydrogen-bond acceptors (Lipinski definition) is 5. The molecule has 0 unspecified atom stereocenters. The minimum atomic E-state index is 0.228. The smallest absolute Gasteiger partial charge is 0.341 e. The molecule has 0 aliphatic rings. The summed E-state index contributed by atoms with van der Waals surface area (Å²) in [6, 6.07) is 13.1. The number of hydrogen-bond donors (Lipinski definition) is 1. The molecule has 19 heavy (non-hydrogen) atoms. The van der Waals surface area contributed by atoms with Crippen LogP contribution in [0, 0.1) is 6.92 Å². The van der Waals surface area contributed by atoms with Gasteiger partial charge in [-0.05, 0) is 42.8 Å². The lowest BCUT2D eigenvalue weighted by Gasteiger charge is -2.07. The van der Waals surface area contributed by atoms with Gasteiger partial charge in [0.05, 0.1) is 5.52 Å². The molecular formula is C14H12N4O. The second-order valence-electron chi connectivity index (χ2n) is 4.21. The number of anilines is 1. The second-order valence-corrected chi connectivity index (χ2v) is 4.21. The van der Waals surface area contributed by atoms with Crippen LogP contribution < -0.4 is 10.5 Å². The first-order valence-electron chi connectivity index (χ1n) is 5.86. The van der Waals surface area contributed by atoms with Gasteiger partial charge in [0.15, 0.2) is 0 Å². The third-order valence-electron chi connectivity index (χ3n) is 2.74. The Hall–Kier alpha value is -2.69. The first kappa shape index (κ1) is 11.4. The van der Waals surface area contributed by atoms with Gasteiger partial charge >= 0.3 is 6.01 Å². The van der Waals surface area contributed by atoms with E-state index in [9.17, 15) is 0 Å². The van der Waals surface area contributed by atoms with Gasteiger partial charge in [-0.25, -0.2) is 0 Å². The molecule has 0 aliphatic heterocycles. The minimum absolute atomic E-state index is 0.228. The molecular weight excluding hydrogens is 240 g/mol. The van der Waals surface area contributed by atoms with Gasteiger partial charge in [-0.15, -0.1) is 5.10 Å². The van der Waals surface area contributed by atoms with E-state index in [1.165, 1.54) is 0 Å². The van der Waals surface area contributed by atoms with Crippen molar-refractivity contribution in [2.75, 3.05) is 5.73 Å². The number of nitrogens with two attached hydrogens (primary N) is 1. The summed E-state index contributed by atoms with van der Waals surface area (Å²) in [4.78, 5) is 4.31. The highest BCUT2D eigenvalue weighted by atomic mass is 16.5. The van der Waals surface area contributed by atoms with Gasteiger partial charge in [0.2, 0.25) is 0 Å². The van der Waals surface area contributed by atoms with Crippen molar-refractivity contribution in [2.45, 2.75) is 6.92 Å². The van der Waals surface area contributed by atoms with Gasteiger partial charge in [0.25, 0.3) is 0 Å². The van der Waals surface area contributed by atoms with Crippen molar-refractivity contribution in [3.8, 4) is 11.8 Å². The zero-order valence-electron chi connectivity index (χ0n) is 10.4. The van der Waals surface area contributed by atoms with Gasteiger partial charge in [-0.3, -0.25) is 0 Å². The Balaban J connectivity index is 1.96. The molecule has 0 saturated heterocycles. The van der Waals surface area contributed by atoms with Crippen LogP contribution in [0.1, 0.15) is 5.56 Å². The number of ether oxygens (including phenoxy) is 1. The zero-order chi connectivity index (χ0) is 13.2. The van der Waals surface area contributed by atoms with Crippen molar-refractivity contribution < 1.29 is 4.74 Å². The number of fused-ring (bicyclic) bond motifs is 1. The maximum absolute atomic E-state index is 5.70. The van der Waals surface area contributed by atoms with Crippen molar-refractivity contribution in [1.82, 2.24) is 15.2 Å². The summed E-state index contributed by atoms with van der Waals surface area (Å²) in [6.07, 6.45) is 0. The molecule has 0 bridgehead atoms. The fourth-order valence-corrected chi connectivity index (χ4v) is 1.79. The summed E-state index contributed by atoms with van der Waals surface area (Å²) in [5, 5.41) is 8.01. The Morgan fingerprint density at radius 2 is 1.79 bits per heavy atom. The van der Waals surface area contributed by atoms with Gasteiger partial charge in [0.1, 0.15) is 11.3 Å². The van der Waals surface area contributed by atoms with Crippen LogP contribution in [0.5, 0.6) is 11.8 Å². The Bertz CT molecular complexity index is 742. The first-order chi connectivity index (χ1) is 9.22. The summed E-state index contributed by atoms with van der Waals surface area (Å²) in [5.41, 5.74) is 8.81. The third kappa shape index (κ3) is 2.30. The van der Waals surface area contributed by atoms with Crippen LogP contribution >= 0.6 is 0 Å². The van der Waals surface area contributed by atoms with E-state index in [1.807, 2.05) is 37.3 Å². The lowest BCUT2D eigenvalue weighted by Crippen LogP contribution is -1.97. The van der Waals surface area contributed by atoms with E-state index in [2.05, 4.69) is 15.2 Å². The summed E-state index contributed by atoms with van der Waals surface area (Å²) < 4.78 is 5.63. The maximum atomic E-state index is 5.70. The highest BCUT2D eigenvalue weighted by Gasteiger charge is 2.06. The van der Waals surface area contributed by atoms with Crippen molar-refractivity contribution in [3.63, 3.8) is 0 Å². The van der Waals surface area contributed by atoms with Gasteiger partial charge in [-0.1, -0.05) is 17.2 Å². The molecule has 3 rings (SSSR count). The van der Waals surface area contributed by atoms with Crippen LogP contribution in [-0.2, 0) is 0 Å². The van der Waals surface area contributed by atoms with Crippen LogP contribution in [-0.4, -0.2) is 15.2 Å². The van der Waals surface area contributed by atoms with E-state index >= 15 is 0 Å². The molecule has 2 N–H and O–H groups in total. The number of para-hydroxylation sites is 1. The van der Waals surface area contributed by atoms with E-state index in [0.717, 1.165) is 16.6 Å². The molecule has 1 heterocycles. The summed E-state index contributed by atoms with van der Waals surface area (Å²) in [6.45, 7) is 1.92. The number of rotatable bonds is 2. The Morgan fingerprint density at radius 3 is 2.58 bits per heavy atom. The van der Waals surface area contributed by atoms with Crippen LogP contribution in [0.3, 0.4) is 0 Å². The summed E-state index contributed by atoms with van der Waals surface area (Å²) in [5.74, 6) is 0.672. The highest BCUT2D eigenvalue weighted by molar-refractivity contribution is 5.73. The molecule has 94 valence electrons. The molecule has 3 aromatic rings. The molecule has 1 aromatic heterocycles. The SMILES string of the molecule is Cc1cc(N)ccc1Oc1nnc2ccccc2n1. The lowest BCUT2D eigenvalue weighted by atomic mass is 10.2. The second kappa shape index (κ2) is 4.53. The predicted molar refractivity (Wildman–Crippen MR) is 73.0 cm³/mol. The summed E-state index contributed by atoms with van der Waals surface area (Å²) in [7, 11) is 0. The number of benzene rings is 2. The zero-order valence-corrected chi connectivity index (χ0v) is 10.4. The molecule has 0 saturated carbocycles. The van der Waals surface area contributed by atoms with E-state index in [0.29, 0.717) is 11.4 Å². The first-order valence-corrected chi connectivity index (χ1v) is 5.86. The molecule has 0 fully saturated rings. The lowest BCUT2D eigenvalue weighted by molar-refractivity contribution is 0.434. The molecule has 0 aliphatic carbocycles. The van der Waals surface area contributed by atoms with Crippen molar-refractivity contribution in [3.05, 3.63) is 48.0 Å². The standard InChI is InChI=1S/C14H12N4O/c1-9-8-10(15)6-7-13(9)19-14-16-11-4-2-3-5-12(11)17-18-14/h2-8H,15H2,1H3. The largest absolute Gasteiger partial charge is 0.423 e. The highest BCUT2D eigenvalue weighted by Crippen LogP contribution is 2.24. The molecule has 0 spiro atoms. The monoisotopic (exact) mass is 252 g/mol. The number of nitrogens with zero attached hydrogens (tertiary/aromatic N) is 3. The van der Waals surface area contributed by atoms with E-state index < -0.39 is 0 Å². The molecule has 0 radical (unpaired) electrons. The van der Waals surface area contributed by atoms with E-state index in [-0.39, 0.29) is 6.01 Å². The predicted octanol–water partition coefficient (Wildman–Crippen LogP) is 2.71. The Kier molecular flexibility index (Phi) is 2.72. The quantitative estimate of drug-likeness (QED) is 0.710. The van der Waals surface area contributed by atoms with Gasteiger partial charge in [0, 0.05) is 5.69 Å². The van der Waals surface area contributed by atoms with Crippen molar-refractivity contribution >= 4 is 16.7 Å². The van der Waals surface area contributed by atoms with Crippen molar-refractivity contribution in [2.24, 2.45) is 0 Å². The van der Waals surface area contributed by atoms with Gasteiger partial charge in [-0.2, -0.15) is 4.98 Å². The van der Waals surface area contributed by atoms with Crippen molar-refractivity contribution in [1.29, 1.82) is 0 Å². The van der Waals surface area contributed by atoms with Crippen LogP contribution in [0.25, 0.3) is 11.0 Å². The fraction of sp³-hybridized carbons (Fsp3) is 0.0714. The third-order valence-corrected chi connectivity index (χ3v) is 2.74. The molecule has 0 atom stereocenters. The maximum Gasteiger partial charge on any atom is 0.341 e. The van der Waals surface area contributed by atoms with E-state index in [4.69, 9.17) is 10.5 Å².